The minimum Gasteiger partial charge on any atom is -0.467 e. The summed E-state index contributed by atoms with van der Waals surface area (Å²) in [5, 5.41) is 3.25. The molecule has 1 aromatic heterocycles. The molecule has 0 spiro atoms. The van der Waals surface area contributed by atoms with Gasteiger partial charge in [-0.2, -0.15) is 0 Å². The molecule has 0 atom stereocenters. The number of nitrogens with zero attached hydrogens (tertiary/aromatic N) is 1. The number of hydrogen-bond donors (Lipinski definition) is 1. The first-order valence-electron chi connectivity index (χ1n) is 7.05. The molecule has 6 nitrogen and oxygen atoms in total. The molecule has 0 saturated heterocycles. The van der Waals surface area contributed by atoms with Gasteiger partial charge >= 0.3 is 0 Å². The van der Waals surface area contributed by atoms with Crippen LogP contribution in [0.2, 0.25) is 10.0 Å². The van der Waals surface area contributed by atoms with Crippen molar-refractivity contribution in [3.63, 3.8) is 0 Å². The van der Waals surface area contributed by atoms with Crippen molar-refractivity contribution < 1.29 is 18.7 Å². The van der Waals surface area contributed by atoms with Gasteiger partial charge in [0.05, 0.1) is 22.9 Å². The zero-order valence-electron chi connectivity index (χ0n) is 12.9. The van der Waals surface area contributed by atoms with Gasteiger partial charge in [-0.05, 0) is 30.3 Å². The molecule has 1 aromatic carbocycles. The summed E-state index contributed by atoms with van der Waals surface area (Å²) in [6.07, 6.45) is 1.55. The van der Waals surface area contributed by atoms with Crippen molar-refractivity contribution in [1.29, 1.82) is 0 Å². The van der Waals surface area contributed by atoms with E-state index >= 15 is 0 Å². The van der Waals surface area contributed by atoms with Gasteiger partial charge in [0.2, 0.25) is 0 Å². The monoisotopic (exact) mass is 370 g/mol. The minimum absolute atomic E-state index is 0.0690. The fraction of sp³-hybridized carbons (Fsp3) is 0.250. The van der Waals surface area contributed by atoms with Crippen LogP contribution in [0.25, 0.3) is 0 Å². The third kappa shape index (κ3) is 5.56. The maximum absolute atomic E-state index is 12.3. The molecule has 8 heteroatoms. The molecule has 0 bridgehead atoms. The molecule has 24 heavy (non-hydrogen) atoms. The molecule has 0 saturated carbocycles. The quantitative estimate of drug-likeness (QED) is 0.479. The van der Waals surface area contributed by atoms with Crippen LogP contribution >= 0.6 is 23.2 Å². The molecule has 0 aliphatic heterocycles. The number of furan rings is 1. The number of amidine groups is 1. The highest BCUT2D eigenvalue weighted by atomic mass is 35.5. The van der Waals surface area contributed by atoms with E-state index in [-0.39, 0.29) is 19.2 Å². The molecule has 0 fully saturated rings. The summed E-state index contributed by atoms with van der Waals surface area (Å²) < 4.78 is 15.5. The SMILES string of the molecule is COCCOC(=NCc1ccco1)NC(=O)c1ccc(Cl)c(Cl)c1. The molecule has 2 aromatic rings. The highest BCUT2D eigenvalue weighted by molar-refractivity contribution is 6.42. The topological polar surface area (TPSA) is 73.1 Å². The minimum atomic E-state index is -0.413. The second kappa shape index (κ2) is 9.32. The number of amides is 1. The van der Waals surface area contributed by atoms with Crippen LogP contribution < -0.4 is 5.32 Å². The molecule has 1 N–H and O–H groups in total. The summed E-state index contributed by atoms with van der Waals surface area (Å²) in [7, 11) is 1.55. The number of hydrogen-bond acceptors (Lipinski definition) is 5. The number of carbonyl (C=O) groups is 1. The van der Waals surface area contributed by atoms with Crippen molar-refractivity contribution in [2.45, 2.75) is 6.54 Å². The zero-order chi connectivity index (χ0) is 17.4. The second-order valence-electron chi connectivity index (χ2n) is 4.63. The van der Waals surface area contributed by atoms with E-state index in [1.165, 1.54) is 6.07 Å². The molecule has 1 amide bonds. The summed E-state index contributed by atoms with van der Waals surface area (Å²) in [5.74, 6) is 0.232. The molecule has 128 valence electrons. The summed E-state index contributed by atoms with van der Waals surface area (Å²) in [6, 6.07) is 8.17. The highest BCUT2D eigenvalue weighted by Crippen LogP contribution is 2.22. The lowest BCUT2D eigenvalue weighted by atomic mass is 10.2. The van der Waals surface area contributed by atoms with E-state index < -0.39 is 5.91 Å². The Hall–Kier alpha value is -2.02. The van der Waals surface area contributed by atoms with Crippen molar-refractivity contribution in [3.8, 4) is 0 Å². The molecular formula is C16H16Cl2N2O4. The number of rotatable bonds is 6. The summed E-state index contributed by atoms with van der Waals surface area (Å²) in [6.45, 7) is 0.842. The maximum atomic E-state index is 12.3. The number of nitrogens with one attached hydrogen (secondary N) is 1. The van der Waals surface area contributed by atoms with E-state index in [0.29, 0.717) is 28.0 Å². The van der Waals surface area contributed by atoms with Crippen molar-refractivity contribution in [3.05, 3.63) is 58.0 Å². The first-order chi connectivity index (χ1) is 11.6. The summed E-state index contributed by atoms with van der Waals surface area (Å²) in [5.41, 5.74) is 0.338. The number of aliphatic imine (C=N–C) groups is 1. The standard InChI is InChI=1S/C16H16Cl2N2O4/c1-22-7-8-24-16(19-10-12-3-2-6-23-12)20-15(21)11-4-5-13(17)14(18)9-11/h2-6,9H,7-8,10H2,1H3,(H,19,20,21). The number of benzene rings is 1. The zero-order valence-corrected chi connectivity index (χ0v) is 14.4. The maximum Gasteiger partial charge on any atom is 0.292 e. The van der Waals surface area contributed by atoms with Gasteiger partial charge in [0, 0.05) is 12.7 Å². The smallest absolute Gasteiger partial charge is 0.292 e. The van der Waals surface area contributed by atoms with Crippen molar-refractivity contribution in [1.82, 2.24) is 5.32 Å². The van der Waals surface area contributed by atoms with E-state index in [4.69, 9.17) is 37.1 Å². The van der Waals surface area contributed by atoms with Crippen LogP contribution in [-0.4, -0.2) is 32.3 Å². The Morgan fingerprint density at radius 3 is 2.75 bits per heavy atom. The Labute approximate surface area is 149 Å². The van der Waals surface area contributed by atoms with Crippen LogP contribution in [0, 0.1) is 0 Å². The van der Waals surface area contributed by atoms with E-state index in [1.54, 1.807) is 37.6 Å². The van der Waals surface area contributed by atoms with Crippen LogP contribution in [0.15, 0.2) is 46.0 Å². The van der Waals surface area contributed by atoms with Crippen LogP contribution in [0.1, 0.15) is 16.1 Å². The van der Waals surface area contributed by atoms with E-state index in [0.717, 1.165) is 0 Å². The Morgan fingerprint density at radius 2 is 2.08 bits per heavy atom. The highest BCUT2D eigenvalue weighted by Gasteiger charge is 2.12. The van der Waals surface area contributed by atoms with E-state index in [1.807, 2.05) is 0 Å². The van der Waals surface area contributed by atoms with Gasteiger partial charge in [-0.3, -0.25) is 10.1 Å². The summed E-state index contributed by atoms with van der Waals surface area (Å²) in [4.78, 5) is 16.5. The second-order valence-corrected chi connectivity index (χ2v) is 5.44. The van der Waals surface area contributed by atoms with Gasteiger partial charge in [0.25, 0.3) is 11.9 Å². The van der Waals surface area contributed by atoms with Gasteiger partial charge < -0.3 is 13.9 Å². The Balaban J connectivity index is 2.06. The van der Waals surface area contributed by atoms with Gasteiger partial charge in [0.15, 0.2) is 0 Å². The molecular weight excluding hydrogens is 355 g/mol. The van der Waals surface area contributed by atoms with Crippen LogP contribution in [0.5, 0.6) is 0 Å². The molecule has 0 radical (unpaired) electrons. The first kappa shape index (κ1) is 18.3. The average Bonchev–Trinajstić information content (AvgIpc) is 3.08. The molecule has 1 heterocycles. The number of halogens is 2. The molecule has 0 aliphatic rings. The van der Waals surface area contributed by atoms with Crippen LogP contribution in [0.4, 0.5) is 0 Å². The fourth-order valence-corrected chi connectivity index (χ4v) is 2.00. The molecule has 2 rings (SSSR count). The molecule has 0 aliphatic carbocycles. The van der Waals surface area contributed by atoms with Crippen LogP contribution in [0.3, 0.4) is 0 Å². The third-order valence-corrected chi connectivity index (χ3v) is 3.63. The van der Waals surface area contributed by atoms with Gasteiger partial charge in [0.1, 0.15) is 18.9 Å². The van der Waals surface area contributed by atoms with Gasteiger partial charge in [-0.1, -0.05) is 23.2 Å². The van der Waals surface area contributed by atoms with E-state index in [2.05, 4.69) is 10.3 Å². The average molecular weight is 371 g/mol. The predicted molar refractivity (Wildman–Crippen MR) is 91.6 cm³/mol. The number of ether oxygens (including phenoxy) is 2. The van der Waals surface area contributed by atoms with Crippen LogP contribution in [-0.2, 0) is 16.0 Å². The number of carbonyl (C=O) groups excluding carboxylic acids is 1. The lowest BCUT2D eigenvalue weighted by Crippen LogP contribution is -2.33. The fourth-order valence-electron chi connectivity index (χ4n) is 1.70. The van der Waals surface area contributed by atoms with Crippen molar-refractivity contribution >= 4 is 35.1 Å². The largest absolute Gasteiger partial charge is 0.467 e. The van der Waals surface area contributed by atoms with E-state index in [9.17, 15) is 4.79 Å². The first-order valence-corrected chi connectivity index (χ1v) is 7.80. The Kier molecular flexibility index (Phi) is 7.11. The number of methoxy groups -OCH3 is 1. The lowest BCUT2D eigenvalue weighted by Gasteiger charge is -2.10. The Morgan fingerprint density at radius 1 is 1.25 bits per heavy atom. The van der Waals surface area contributed by atoms with Crippen molar-refractivity contribution in [2.24, 2.45) is 4.99 Å². The molecule has 0 unspecified atom stereocenters. The summed E-state index contributed by atoms with van der Waals surface area (Å²) >= 11 is 11.8. The van der Waals surface area contributed by atoms with Gasteiger partial charge in [-0.15, -0.1) is 0 Å². The predicted octanol–water partition coefficient (Wildman–Crippen LogP) is 3.54. The normalized spacial score (nSPS) is 11.4. The van der Waals surface area contributed by atoms with Crippen molar-refractivity contribution in [2.75, 3.05) is 20.3 Å². The third-order valence-electron chi connectivity index (χ3n) is 2.89. The van der Waals surface area contributed by atoms with Gasteiger partial charge in [-0.25, -0.2) is 4.99 Å². The lowest BCUT2D eigenvalue weighted by molar-refractivity contribution is 0.0953. The Bertz CT molecular complexity index is 702.